The highest BCUT2D eigenvalue weighted by molar-refractivity contribution is 5.38. The van der Waals surface area contributed by atoms with Crippen LogP contribution in [0.15, 0.2) is 58.2 Å². The number of rotatable bonds is 4. The van der Waals surface area contributed by atoms with Crippen molar-refractivity contribution in [2.45, 2.75) is 52.2 Å². The van der Waals surface area contributed by atoms with Crippen LogP contribution in [0.5, 0.6) is 5.75 Å². The van der Waals surface area contributed by atoms with Crippen molar-refractivity contribution in [2.24, 2.45) is 21.6 Å². The summed E-state index contributed by atoms with van der Waals surface area (Å²) in [4.78, 5) is 0. The van der Waals surface area contributed by atoms with Gasteiger partial charge in [0.2, 0.25) is 0 Å². The van der Waals surface area contributed by atoms with E-state index in [1.54, 1.807) is 6.26 Å². The molecular formula is C19H25N3O2. The fourth-order valence-electron chi connectivity index (χ4n) is 2.67. The van der Waals surface area contributed by atoms with E-state index >= 15 is 0 Å². The summed E-state index contributed by atoms with van der Waals surface area (Å²) in [5.74, 6) is 6.18. The van der Waals surface area contributed by atoms with E-state index in [1.807, 2.05) is 30.3 Å². The summed E-state index contributed by atoms with van der Waals surface area (Å²) in [5, 5.41) is 7.52. The Bertz CT molecular complexity index is 665. The van der Waals surface area contributed by atoms with Crippen molar-refractivity contribution in [3.8, 4) is 5.75 Å². The van der Waals surface area contributed by atoms with Crippen LogP contribution in [0.25, 0.3) is 0 Å². The molecule has 0 bridgehead atoms. The summed E-state index contributed by atoms with van der Waals surface area (Å²) in [6.45, 7) is 6.38. The molecule has 0 aromatic heterocycles. The fourth-order valence-corrected chi connectivity index (χ4v) is 2.67. The molecule has 0 radical (unpaired) electrons. The van der Waals surface area contributed by atoms with E-state index < -0.39 is 0 Å². The van der Waals surface area contributed by atoms with Crippen LogP contribution in [0.4, 0.5) is 0 Å². The summed E-state index contributed by atoms with van der Waals surface area (Å²) in [7, 11) is 0. The number of nitrogens with two attached hydrogens (primary N) is 1. The third-order valence-corrected chi connectivity index (χ3v) is 4.48. The number of nitrogens with zero attached hydrogens (tertiary/aromatic N) is 2. The van der Waals surface area contributed by atoms with Crippen molar-refractivity contribution >= 4 is 0 Å². The van der Waals surface area contributed by atoms with Gasteiger partial charge in [-0.1, -0.05) is 38.1 Å². The number of ether oxygens (including phenoxy) is 2. The molecule has 1 fully saturated rings. The molecule has 0 spiro atoms. The van der Waals surface area contributed by atoms with Gasteiger partial charge in [-0.2, -0.15) is 0 Å². The molecule has 1 aromatic rings. The molecule has 3 rings (SSSR count). The standard InChI is InChI=1S/C19H25N3O2/c1-19(2,3)14-11-17(21-22-20)18(23-12-14)13-7-9-16(10-8-13)24-15-5-4-6-15/h7-12,15,18H,4-6H2,1-3H3,(H2,20,21). The van der Waals surface area contributed by atoms with Crippen LogP contribution in [0, 0.1) is 5.41 Å². The van der Waals surface area contributed by atoms with Crippen LogP contribution < -0.4 is 10.6 Å². The molecule has 24 heavy (non-hydrogen) atoms. The molecule has 5 nitrogen and oxygen atoms in total. The molecule has 1 heterocycles. The maximum absolute atomic E-state index is 5.94. The second-order valence-corrected chi connectivity index (χ2v) is 7.36. The Morgan fingerprint density at radius 3 is 2.42 bits per heavy atom. The SMILES string of the molecule is CC(C)(C)C1=COC(c2ccc(OC3CCC3)cc2)C(N=NN)=C1. The third-order valence-electron chi connectivity index (χ3n) is 4.48. The van der Waals surface area contributed by atoms with Gasteiger partial charge in [-0.25, -0.2) is 0 Å². The monoisotopic (exact) mass is 327 g/mol. The van der Waals surface area contributed by atoms with E-state index in [9.17, 15) is 0 Å². The van der Waals surface area contributed by atoms with E-state index in [1.165, 1.54) is 6.42 Å². The van der Waals surface area contributed by atoms with Gasteiger partial charge in [-0.3, -0.25) is 0 Å². The number of benzene rings is 1. The summed E-state index contributed by atoms with van der Waals surface area (Å²) in [6, 6.07) is 7.98. The molecular weight excluding hydrogens is 302 g/mol. The topological polar surface area (TPSA) is 69.2 Å². The Balaban J connectivity index is 1.78. The van der Waals surface area contributed by atoms with Crippen molar-refractivity contribution < 1.29 is 9.47 Å². The summed E-state index contributed by atoms with van der Waals surface area (Å²) < 4.78 is 11.8. The van der Waals surface area contributed by atoms with Gasteiger partial charge in [-0.15, -0.1) is 5.11 Å². The van der Waals surface area contributed by atoms with Crippen LogP contribution in [-0.4, -0.2) is 6.10 Å². The van der Waals surface area contributed by atoms with Gasteiger partial charge in [0.25, 0.3) is 0 Å². The Morgan fingerprint density at radius 2 is 1.88 bits per heavy atom. The lowest BCUT2D eigenvalue weighted by molar-refractivity contribution is 0.120. The lowest BCUT2D eigenvalue weighted by Crippen LogP contribution is -2.24. The van der Waals surface area contributed by atoms with Crippen LogP contribution in [0.1, 0.15) is 51.7 Å². The Kier molecular flexibility index (Phi) is 4.60. The Morgan fingerprint density at radius 1 is 1.17 bits per heavy atom. The van der Waals surface area contributed by atoms with Gasteiger partial charge >= 0.3 is 0 Å². The van der Waals surface area contributed by atoms with Gasteiger partial charge in [0, 0.05) is 0 Å². The molecule has 1 aliphatic heterocycles. The summed E-state index contributed by atoms with van der Waals surface area (Å²) >= 11 is 0. The summed E-state index contributed by atoms with van der Waals surface area (Å²) in [6.07, 6.45) is 7.44. The zero-order valence-corrected chi connectivity index (χ0v) is 14.5. The van der Waals surface area contributed by atoms with E-state index in [0.29, 0.717) is 11.8 Å². The third kappa shape index (κ3) is 3.61. The van der Waals surface area contributed by atoms with Crippen molar-refractivity contribution in [3.05, 3.63) is 53.4 Å². The molecule has 128 valence electrons. The molecule has 2 aliphatic rings. The predicted octanol–water partition coefficient (Wildman–Crippen LogP) is 4.83. The maximum Gasteiger partial charge on any atom is 0.167 e. The molecule has 0 amide bonds. The fraction of sp³-hybridized carbons (Fsp3) is 0.474. The van der Waals surface area contributed by atoms with Gasteiger partial charge in [0.1, 0.15) is 11.4 Å². The second-order valence-electron chi connectivity index (χ2n) is 7.36. The minimum absolute atomic E-state index is 0.0270. The second kappa shape index (κ2) is 6.67. The average Bonchev–Trinajstić information content (AvgIpc) is 2.51. The van der Waals surface area contributed by atoms with Crippen molar-refractivity contribution in [2.75, 3.05) is 0 Å². The molecule has 0 saturated heterocycles. The normalized spacial score (nSPS) is 21.7. The van der Waals surface area contributed by atoms with Gasteiger partial charge in [0.05, 0.1) is 12.4 Å². The lowest BCUT2D eigenvalue weighted by Gasteiger charge is -2.28. The average molecular weight is 327 g/mol. The van der Waals surface area contributed by atoms with Gasteiger partial charge in [-0.05, 0) is 54.0 Å². The van der Waals surface area contributed by atoms with Crippen LogP contribution >= 0.6 is 0 Å². The number of hydrogen-bond acceptors (Lipinski definition) is 4. The van der Waals surface area contributed by atoms with Gasteiger partial charge < -0.3 is 15.3 Å². The maximum atomic E-state index is 5.94. The minimum Gasteiger partial charge on any atom is -0.490 e. The van der Waals surface area contributed by atoms with Crippen molar-refractivity contribution in [1.82, 2.24) is 0 Å². The van der Waals surface area contributed by atoms with Crippen molar-refractivity contribution in [1.29, 1.82) is 0 Å². The van der Waals surface area contributed by atoms with Crippen LogP contribution in [0.3, 0.4) is 0 Å². The first-order chi connectivity index (χ1) is 11.5. The predicted molar refractivity (Wildman–Crippen MR) is 93.2 cm³/mol. The smallest absolute Gasteiger partial charge is 0.167 e. The zero-order chi connectivity index (χ0) is 17.2. The molecule has 1 unspecified atom stereocenters. The number of hydrogen-bond donors (Lipinski definition) is 1. The first kappa shape index (κ1) is 16.6. The van der Waals surface area contributed by atoms with E-state index in [4.69, 9.17) is 15.3 Å². The minimum atomic E-state index is -0.304. The van der Waals surface area contributed by atoms with Crippen LogP contribution in [-0.2, 0) is 4.74 Å². The first-order valence-corrected chi connectivity index (χ1v) is 8.42. The lowest BCUT2D eigenvalue weighted by atomic mass is 9.85. The highest BCUT2D eigenvalue weighted by Crippen LogP contribution is 2.38. The molecule has 5 heteroatoms. The van der Waals surface area contributed by atoms with Crippen molar-refractivity contribution in [3.63, 3.8) is 0 Å². The van der Waals surface area contributed by atoms with E-state index in [0.717, 1.165) is 29.7 Å². The summed E-state index contributed by atoms with van der Waals surface area (Å²) in [5.41, 5.74) is 2.74. The van der Waals surface area contributed by atoms with E-state index in [2.05, 4.69) is 31.1 Å². The first-order valence-electron chi connectivity index (χ1n) is 8.42. The zero-order valence-electron chi connectivity index (χ0n) is 14.5. The largest absolute Gasteiger partial charge is 0.490 e. The quantitative estimate of drug-likeness (QED) is 0.489. The molecule has 2 N–H and O–H groups in total. The van der Waals surface area contributed by atoms with Crippen LogP contribution in [0.2, 0.25) is 0 Å². The molecule has 1 aromatic carbocycles. The molecule has 1 saturated carbocycles. The highest BCUT2D eigenvalue weighted by Gasteiger charge is 2.27. The van der Waals surface area contributed by atoms with Gasteiger partial charge in [0.15, 0.2) is 6.10 Å². The molecule has 1 aliphatic carbocycles. The van der Waals surface area contributed by atoms with E-state index in [-0.39, 0.29) is 11.5 Å². The highest BCUT2D eigenvalue weighted by atomic mass is 16.5. The Labute approximate surface area is 143 Å². The number of allylic oxidation sites excluding steroid dienone is 2. The Hall–Kier alpha value is -2.30. The molecule has 1 atom stereocenters.